The Balaban J connectivity index is 1.91. The molecule has 5 N–H and O–H groups in total. The van der Waals surface area contributed by atoms with Crippen molar-refractivity contribution in [2.75, 3.05) is 32.8 Å². The van der Waals surface area contributed by atoms with E-state index in [1.807, 2.05) is 0 Å². The number of Topliss-reactive ketones (excluding diaryl/α,β-unsaturated/α-hetero) is 1. The highest BCUT2D eigenvalue weighted by molar-refractivity contribution is 5.94. The van der Waals surface area contributed by atoms with Crippen LogP contribution in [0.15, 0.2) is 0 Å². The maximum Gasteiger partial charge on any atom is 0.150 e. The van der Waals surface area contributed by atoms with E-state index < -0.39 is 48.0 Å². The topological polar surface area (TPSA) is 125 Å². The molecule has 4 atom stereocenters. The summed E-state index contributed by atoms with van der Waals surface area (Å²) in [7, 11) is 0. The van der Waals surface area contributed by atoms with Gasteiger partial charge >= 0.3 is 0 Å². The average Bonchev–Trinajstić information content (AvgIpc) is 2.62. The van der Waals surface area contributed by atoms with E-state index >= 15 is 0 Å². The van der Waals surface area contributed by atoms with E-state index in [4.69, 9.17) is 5.11 Å². The Bertz CT molecular complexity index is 537. The van der Waals surface area contributed by atoms with Crippen molar-refractivity contribution in [2.45, 2.75) is 58.3 Å². The van der Waals surface area contributed by atoms with Crippen molar-refractivity contribution >= 4 is 5.78 Å². The number of piperidine rings is 2. The second kappa shape index (κ2) is 7.02. The fourth-order valence-corrected chi connectivity index (χ4v) is 5.45. The van der Waals surface area contributed by atoms with Gasteiger partial charge in [-0.1, -0.05) is 27.7 Å². The maximum atomic E-state index is 13.5. The van der Waals surface area contributed by atoms with Crippen LogP contribution >= 0.6 is 0 Å². The Kier molecular flexibility index (Phi) is 5.49. The zero-order chi connectivity index (χ0) is 20.3. The van der Waals surface area contributed by atoms with E-state index in [1.54, 1.807) is 0 Å². The number of aliphatic hydroxyl groups is 5. The third-order valence-corrected chi connectivity index (χ3v) is 7.39. The minimum atomic E-state index is -1.65. The number of carbonyl (C=O) groups excluding carboxylic acids is 1. The van der Waals surface area contributed by atoms with Crippen LogP contribution in [0.25, 0.3) is 0 Å². The Morgan fingerprint density at radius 1 is 0.889 bits per heavy atom. The van der Waals surface area contributed by atoms with Crippen molar-refractivity contribution in [3.63, 3.8) is 0 Å². The zero-order valence-corrected chi connectivity index (χ0v) is 16.6. The molecule has 27 heavy (non-hydrogen) atoms. The van der Waals surface area contributed by atoms with Crippen LogP contribution in [0.4, 0.5) is 0 Å². The molecule has 0 radical (unpaired) electrons. The molecule has 4 rings (SSSR count). The van der Waals surface area contributed by atoms with Crippen molar-refractivity contribution < 1.29 is 30.3 Å². The van der Waals surface area contributed by atoms with Crippen LogP contribution < -0.4 is 0 Å². The third kappa shape index (κ3) is 2.88. The van der Waals surface area contributed by atoms with Gasteiger partial charge in [0.05, 0.1) is 23.6 Å². The van der Waals surface area contributed by atoms with Crippen molar-refractivity contribution in [3.8, 4) is 0 Å². The summed E-state index contributed by atoms with van der Waals surface area (Å²) in [5.41, 5.74) is -0.990. The lowest BCUT2D eigenvalue weighted by molar-refractivity contribution is -0.244. The van der Waals surface area contributed by atoms with Gasteiger partial charge in [0, 0.05) is 26.2 Å². The smallest absolute Gasteiger partial charge is 0.150 e. The molecule has 0 aromatic rings. The molecule has 8 nitrogen and oxygen atoms in total. The summed E-state index contributed by atoms with van der Waals surface area (Å²) in [6.45, 7) is 9.59. The van der Waals surface area contributed by atoms with Gasteiger partial charge in [0.15, 0.2) is 5.78 Å². The van der Waals surface area contributed by atoms with E-state index in [0.29, 0.717) is 32.0 Å². The Labute approximate surface area is 160 Å². The van der Waals surface area contributed by atoms with Crippen molar-refractivity contribution in [3.05, 3.63) is 0 Å². The quantitative estimate of drug-likeness (QED) is 0.349. The van der Waals surface area contributed by atoms with Gasteiger partial charge in [-0.2, -0.15) is 0 Å². The van der Waals surface area contributed by atoms with E-state index in [9.17, 15) is 25.2 Å². The molecule has 4 aliphatic rings. The number of nitrogens with zero attached hydrogens (tertiary/aromatic N) is 2. The van der Waals surface area contributed by atoms with Gasteiger partial charge in [-0.05, 0) is 11.8 Å². The summed E-state index contributed by atoms with van der Waals surface area (Å²) in [6.07, 6.45) is -6.64. The molecule has 0 aliphatic carbocycles. The highest BCUT2D eigenvalue weighted by Crippen LogP contribution is 2.54. The summed E-state index contributed by atoms with van der Waals surface area (Å²) in [4.78, 5) is 17.6. The van der Waals surface area contributed by atoms with Crippen LogP contribution in [0.3, 0.4) is 0 Å². The first kappa shape index (κ1) is 21.1. The molecular formula is C19H34N2O6. The van der Waals surface area contributed by atoms with Crippen LogP contribution in [0.1, 0.15) is 27.7 Å². The second-order valence-corrected chi connectivity index (χ2v) is 9.40. The standard InChI is InChI=1S/C19H34N2O6/c1-10(2)18-6-20-8-19(11(3)4,17(18)27)9-21(7-18)16(20)15(26)14(25)13(24)12(23)5-22/h10-16,22-26H,5-9H2,1-4H3/t12-,13-,14+,15+,16?,18?,19?/m0/s1. The van der Waals surface area contributed by atoms with Gasteiger partial charge in [-0.15, -0.1) is 0 Å². The summed E-state index contributed by atoms with van der Waals surface area (Å²) in [5.74, 6) is 0.619. The maximum absolute atomic E-state index is 13.5. The lowest BCUT2D eigenvalue weighted by Gasteiger charge is -2.69. The van der Waals surface area contributed by atoms with Crippen molar-refractivity contribution in [2.24, 2.45) is 22.7 Å². The minimum Gasteiger partial charge on any atom is -0.394 e. The molecule has 156 valence electrons. The molecule has 0 aromatic carbocycles. The van der Waals surface area contributed by atoms with Gasteiger partial charge in [-0.3, -0.25) is 14.6 Å². The number of ketones is 1. The first-order chi connectivity index (χ1) is 12.5. The molecule has 0 unspecified atom stereocenters. The van der Waals surface area contributed by atoms with Gasteiger partial charge in [0.2, 0.25) is 0 Å². The fraction of sp³-hybridized carbons (Fsp3) is 0.947. The molecule has 4 bridgehead atoms. The van der Waals surface area contributed by atoms with Gasteiger partial charge in [0.25, 0.3) is 0 Å². The average molecular weight is 386 g/mol. The summed E-state index contributed by atoms with van der Waals surface area (Å²) in [6, 6.07) is 0. The molecule has 4 heterocycles. The normalized spacial score (nSPS) is 42.6. The highest BCUT2D eigenvalue weighted by atomic mass is 16.4. The van der Waals surface area contributed by atoms with Crippen molar-refractivity contribution in [1.29, 1.82) is 0 Å². The van der Waals surface area contributed by atoms with Crippen molar-refractivity contribution in [1.82, 2.24) is 9.80 Å². The largest absolute Gasteiger partial charge is 0.394 e. The van der Waals surface area contributed by atoms with E-state index in [-0.39, 0.29) is 11.8 Å². The molecule has 4 aliphatic heterocycles. The first-order valence-electron chi connectivity index (χ1n) is 9.88. The van der Waals surface area contributed by atoms with E-state index in [1.165, 1.54) is 0 Å². The van der Waals surface area contributed by atoms with Crippen LogP contribution in [-0.2, 0) is 4.79 Å². The second-order valence-electron chi connectivity index (χ2n) is 9.40. The number of hydrogen-bond acceptors (Lipinski definition) is 8. The van der Waals surface area contributed by atoms with E-state index in [2.05, 4.69) is 37.5 Å². The number of aliphatic hydroxyl groups excluding tert-OH is 5. The molecule has 0 saturated carbocycles. The third-order valence-electron chi connectivity index (χ3n) is 7.39. The summed E-state index contributed by atoms with van der Waals surface area (Å²) < 4.78 is 0. The predicted molar refractivity (Wildman–Crippen MR) is 97.6 cm³/mol. The van der Waals surface area contributed by atoms with Crippen LogP contribution in [0.5, 0.6) is 0 Å². The fourth-order valence-electron chi connectivity index (χ4n) is 5.45. The zero-order valence-electron chi connectivity index (χ0n) is 16.6. The lowest BCUT2D eigenvalue weighted by Crippen LogP contribution is -2.83. The van der Waals surface area contributed by atoms with Gasteiger partial charge in [0.1, 0.15) is 24.4 Å². The number of hydrogen-bond donors (Lipinski definition) is 5. The molecule has 4 saturated heterocycles. The summed E-state index contributed by atoms with van der Waals surface area (Å²) in [5, 5.41) is 49.8. The minimum absolute atomic E-state index is 0.151. The van der Waals surface area contributed by atoms with Gasteiger partial charge < -0.3 is 25.5 Å². The molecular weight excluding hydrogens is 352 g/mol. The SMILES string of the molecule is CC(C)C12CN3CC(C(C)C)(CN(C1)C3[C@H](O)[C@H](O)[C@@H](O)[C@@H](O)CO)C2=O. The lowest BCUT2D eigenvalue weighted by atomic mass is 9.53. The number of carbonyl (C=O) groups is 1. The molecule has 0 amide bonds. The predicted octanol–water partition coefficient (Wildman–Crippen LogP) is -1.75. The molecule has 0 spiro atoms. The molecule has 8 heteroatoms. The van der Waals surface area contributed by atoms with Crippen LogP contribution in [0.2, 0.25) is 0 Å². The molecule has 0 aromatic heterocycles. The van der Waals surface area contributed by atoms with Gasteiger partial charge in [-0.25, -0.2) is 0 Å². The first-order valence-corrected chi connectivity index (χ1v) is 9.88. The monoisotopic (exact) mass is 386 g/mol. The van der Waals surface area contributed by atoms with E-state index in [0.717, 1.165) is 0 Å². The Morgan fingerprint density at radius 3 is 1.63 bits per heavy atom. The Hall–Kier alpha value is -0.610. The van der Waals surface area contributed by atoms with Crippen LogP contribution in [0, 0.1) is 22.7 Å². The van der Waals surface area contributed by atoms with Crippen LogP contribution in [-0.4, -0.2) is 104 Å². The summed E-state index contributed by atoms with van der Waals surface area (Å²) >= 11 is 0. The molecule has 4 fully saturated rings. The highest BCUT2D eigenvalue weighted by Gasteiger charge is 2.68. The Morgan fingerprint density at radius 2 is 1.30 bits per heavy atom. The number of rotatable bonds is 7.